The molecule has 0 atom stereocenters. The van der Waals surface area contributed by atoms with Crippen molar-refractivity contribution < 1.29 is 9.90 Å². The lowest BCUT2D eigenvalue weighted by molar-refractivity contribution is -0.135. The van der Waals surface area contributed by atoms with E-state index in [-0.39, 0.29) is 6.54 Å². The molecule has 2 N–H and O–H groups in total. The zero-order valence-electron chi connectivity index (χ0n) is 7.53. The number of carbonyl (C=O) groups is 1. The fourth-order valence-electron chi connectivity index (χ4n) is 1.04. The summed E-state index contributed by atoms with van der Waals surface area (Å²) in [7, 11) is 1.92. The van der Waals surface area contributed by atoms with Gasteiger partial charge < -0.3 is 15.0 Å². The summed E-state index contributed by atoms with van der Waals surface area (Å²) in [5, 5.41) is 11.2. The number of carboxylic acids is 1. The molecule has 0 spiro atoms. The molecule has 0 aliphatic rings. The Morgan fingerprint density at radius 3 is 3.08 bits per heavy atom. The molecule has 1 rings (SSSR count). The average molecular weight is 183 g/mol. The Bertz CT molecular complexity index is 283. The molecule has 72 valence electrons. The molecule has 0 aromatic carbocycles. The summed E-state index contributed by atoms with van der Waals surface area (Å²) in [6.07, 6.45) is 4.30. The topological polar surface area (TPSA) is 67.2 Å². The standard InChI is InChI=1S/C8H13N3O2/c1-11-6-10-4-7(11)2-3-9-5-8(12)13/h4,6,9H,2-3,5H2,1H3,(H,12,13). The van der Waals surface area contributed by atoms with Crippen LogP contribution in [-0.4, -0.2) is 33.7 Å². The number of aliphatic carboxylic acids is 1. The van der Waals surface area contributed by atoms with Crippen molar-refractivity contribution in [3.05, 3.63) is 18.2 Å². The Labute approximate surface area is 76.4 Å². The van der Waals surface area contributed by atoms with Gasteiger partial charge in [-0.25, -0.2) is 4.98 Å². The average Bonchev–Trinajstić information content (AvgIpc) is 2.45. The predicted octanol–water partition coefficient (Wildman–Crippen LogP) is -0.363. The highest BCUT2D eigenvalue weighted by molar-refractivity contribution is 5.68. The van der Waals surface area contributed by atoms with Gasteiger partial charge in [0.25, 0.3) is 0 Å². The van der Waals surface area contributed by atoms with Crippen LogP contribution in [0.1, 0.15) is 5.69 Å². The minimum Gasteiger partial charge on any atom is -0.480 e. The van der Waals surface area contributed by atoms with Gasteiger partial charge in [-0.2, -0.15) is 0 Å². The number of aromatic nitrogens is 2. The largest absolute Gasteiger partial charge is 0.480 e. The van der Waals surface area contributed by atoms with Crippen LogP contribution in [0.5, 0.6) is 0 Å². The maximum absolute atomic E-state index is 10.1. The highest BCUT2D eigenvalue weighted by Gasteiger charge is 1.98. The molecule has 0 saturated carbocycles. The molecule has 1 aromatic heterocycles. The van der Waals surface area contributed by atoms with E-state index in [4.69, 9.17) is 5.11 Å². The highest BCUT2D eigenvalue weighted by atomic mass is 16.4. The van der Waals surface area contributed by atoms with E-state index in [1.54, 1.807) is 12.5 Å². The van der Waals surface area contributed by atoms with Crippen molar-refractivity contribution in [2.75, 3.05) is 13.1 Å². The van der Waals surface area contributed by atoms with Gasteiger partial charge in [-0.3, -0.25) is 4.79 Å². The fraction of sp³-hybridized carbons (Fsp3) is 0.500. The van der Waals surface area contributed by atoms with Gasteiger partial charge in [0.15, 0.2) is 0 Å². The van der Waals surface area contributed by atoms with E-state index in [1.807, 2.05) is 11.6 Å². The van der Waals surface area contributed by atoms with Crippen molar-refractivity contribution in [1.82, 2.24) is 14.9 Å². The van der Waals surface area contributed by atoms with Crippen LogP contribution in [0.3, 0.4) is 0 Å². The quantitative estimate of drug-likeness (QED) is 0.611. The van der Waals surface area contributed by atoms with E-state index in [2.05, 4.69) is 10.3 Å². The third-order valence-corrected chi connectivity index (χ3v) is 1.75. The Morgan fingerprint density at radius 1 is 1.77 bits per heavy atom. The van der Waals surface area contributed by atoms with Gasteiger partial charge in [0.1, 0.15) is 0 Å². The molecule has 5 heteroatoms. The first-order valence-electron chi connectivity index (χ1n) is 4.08. The predicted molar refractivity (Wildman–Crippen MR) is 47.4 cm³/mol. The number of carboxylic acid groups (broad SMARTS) is 1. The first-order valence-corrected chi connectivity index (χ1v) is 4.08. The lowest BCUT2D eigenvalue weighted by Gasteiger charge is -2.02. The van der Waals surface area contributed by atoms with Crippen molar-refractivity contribution in [2.45, 2.75) is 6.42 Å². The van der Waals surface area contributed by atoms with Crippen LogP contribution in [0.4, 0.5) is 0 Å². The molecule has 0 amide bonds. The second-order valence-electron chi connectivity index (χ2n) is 2.82. The van der Waals surface area contributed by atoms with Gasteiger partial charge in [-0.15, -0.1) is 0 Å². The van der Waals surface area contributed by atoms with Crippen LogP contribution in [-0.2, 0) is 18.3 Å². The Morgan fingerprint density at radius 2 is 2.54 bits per heavy atom. The summed E-state index contributed by atoms with van der Waals surface area (Å²) in [6.45, 7) is 0.670. The van der Waals surface area contributed by atoms with Gasteiger partial charge in [0, 0.05) is 31.9 Å². The number of hydrogen-bond acceptors (Lipinski definition) is 3. The number of nitrogens with zero attached hydrogens (tertiary/aromatic N) is 2. The number of nitrogens with one attached hydrogen (secondary N) is 1. The minimum absolute atomic E-state index is 0.0118. The van der Waals surface area contributed by atoms with E-state index in [0.29, 0.717) is 6.54 Å². The summed E-state index contributed by atoms with van der Waals surface area (Å²) in [5.74, 6) is -0.829. The molecule has 0 unspecified atom stereocenters. The molecule has 0 aliphatic carbocycles. The lowest BCUT2D eigenvalue weighted by atomic mass is 10.3. The lowest BCUT2D eigenvalue weighted by Crippen LogP contribution is -2.25. The van der Waals surface area contributed by atoms with Crippen molar-refractivity contribution in [3.8, 4) is 0 Å². The highest BCUT2D eigenvalue weighted by Crippen LogP contribution is 1.95. The van der Waals surface area contributed by atoms with E-state index in [9.17, 15) is 4.79 Å². The van der Waals surface area contributed by atoms with Crippen molar-refractivity contribution in [3.63, 3.8) is 0 Å². The van der Waals surface area contributed by atoms with Crippen LogP contribution >= 0.6 is 0 Å². The molecule has 5 nitrogen and oxygen atoms in total. The fourth-order valence-corrected chi connectivity index (χ4v) is 1.04. The van der Waals surface area contributed by atoms with Gasteiger partial charge >= 0.3 is 5.97 Å². The molecular weight excluding hydrogens is 170 g/mol. The van der Waals surface area contributed by atoms with E-state index in [0.717, 1.165) is 12.1 Å². The normalized spacial score (nSPS) is 10.2. The van der Waals surface area contributed by atoms with Crippen LogP contribution in [0.15, 0.2) is 12.5 Å². The number of rotatable bonds is 5. The smallest absolute Gasteiger partial charge is 0.317 e. The minimum atomic E-state index is -0.829. The molecule has 13 heavy (non-hydrogen) atoms. The maximum Gasteiger partial charge on any atom is 0.317 e. The number of hydrogen-bond donors (Lipinski definition) is 2. The molecule has 0 saturated heterocycles. The second kappa shape index (κ2) is 4.61. The zero-order chi connectivity index (χ0) is 9.68. The Hall–Kier alpha value is -1.36. The molecule has 0 bridgehead atoms. The SMILES string of the molecule is Cn1cncc1CCNCC(=O)O. The Balaban J connectivity index is 2.20. The summed E-state index contributed by atoms with van der Waals surface area (Å²) >= 11 is 0. The molecule has 0 fully saturated rings. The van der Waals surface area contributed by atoms with Crippen LogP contribution in [0.2, 0.25) is 0 Å². The second-order valence-corrected chi connectivity index (χ2v) is 2.82. The summed E-state index contributed by atoms with van der Waals surface area (Å²) in [4.78, 5) is 14.1. The monoisotopic (exact) mass is 183 g/mol. The van der Waals surface area contributed by atoms with Gasteiger partial charge in [-0.1, -0.05) is 0 Å². The maximum atomic E-state index is 10.1. The third-order valence-electron chi connectivity index (χ3n) is 1.75. The first-order chi connectivity index (χ1) is 6.20. The summed E-state index contributed by atoms with van der Waals surface area (Å²) in [5.41, 5.74) is 1.10. The zero-order valence-corrected chi connectivity index (χ0v) is 7.53. The van der Waals surface area contributed by atoms with Crippen LogP contribution in [0, 0.1) is 0 Å². The molecule has 0 aliphatic heterocycles. The number of aryl methyl sites for hydroxylation is 1. The van der Waals surface area contributed by atoms with E-state index >= 15 is 0 Å². The summed E-state index contributed by atoms with van der Waals surface area (Å²) < 4.78 is 1.92. The third kappa shape index (κ3) is 3.25. The van der Waals surface area contributed by atoms with Crippen molar-refractivity contribution in [2.24, 2.45) is 7.05 Å². The molecule has 1 aromatic rings. The first kappa shape index (κ1) is 9.73. The summed E-state index contributed by atoms with van der Waals surface area (Å²) in [6, 6.07) is 0. The Kier molecular flexibility index (Phi) is 3.45. The van der Waals surface area contributed by atoms with Crippen molar-refractivity contribution >= 4 is 5.97 Å². The van der Waals surface area contributed by atoms with Gasteiger partial charge in [0.2, 0.25) is 0 Å². The van der Waals surface area contributed by atoms with Crippen LogP contribution < -0.4 is 5.32 Å². The van der Waals surface area contributed by atoms with Gasteiger partial charge in [-0.05, 0) is 0 Å². The van der Waals surface area contributed by atoms with E-state index in [1.165, 1.54) is 0 Å². The number of imidazole rings is 1. The molecule has 1 heterocycles. The molecule has 0 radical (unpaired) electrons. The van der Waals surface area contributed by atoms with Crippen LogP contribution in [0.25, 0.3) is 0 Å². The van der Waals surface area contributed by atoms with Crippen molar-refractivity contribution in [1.29, 1.82) is 0 Å². The van der Waals surface area contributed by atoms with E-state index < -0.39 is 5.97 Å². The van der Waals surface area contributed by atoms with Gasteiger partial charge in [0.05, 0.1) is 12.9 Å². The molecular formula is C8H13N3O2.